The van der Waals surface area contributed by atoms with Gasteiger partial charge in [-0.15, -0.1) is 0 Å². The summed E-state index contributed by atoms with van der Waals surface area (Å²) >= 11 is 0. The lowest BCUT2D eigenvalue weighted by molar-refractivity contribution is -0.135. The van der Waals surface area contributed by atoms with Crippen LogP contribution < -0.4 is 10.6 Å². The highest BCUT2D eigenvalue weighted by atomic mass is 16.2. The molecular formula is C26H33N3O3. The van der Waals surface area contributed by atoms with E-state index in [4.69, 9.17) is 0 Å². The van der Waals surface area contributed by atoms with Crippen LogP contribution in [0.2, 0.25) is 0 Å². The second kappa shape index (κ2) is 8.77. The molecule has 1 heterocycles. The van der Waals surface area contributed by atoms with Crippen molar-refractivity contribution in [2.24, 2.45) is 5.92 Å². The molecule has 3 rings (SSSR count). The smallest absolute Gasteiger partial charge is 0.325 e. The minimum atomic E-state index is -1.18. The molecule has 1 aliphatic heterocycles. The third-order valence-electron chi connectivity index (χ3n) is 6.05. The molecule has 1 aliphatic rings. The van der Waals surface area contributed by atoms with Crippen molar-refractivity contribution in [3.8, 4) is 0 Å². The molecule has 0 bridgehead atoms. The molecule has 4 amide bonds. The molecule has 170 valence electrons. The average molecular weight is 436 g/mol. The zero-order valence-electron chi connectivity index (χ0n) is 19.7. The standard InChI is InChI=1S/C26H33N3O3/c1-17(2)22(18-12-14-19(15-13-18)25(3,4)5)27-21(30)16-29-23(31)26(6,28-24(29)32)20-10-8-7-9-11-20/h7-15,17,22H,16H2,1-6H3,(H,27,30)(H,28,32). The van der Waals surface area contributed by atoms with Crippen molar-refractivity contribution in [1.29, 1.82) is 0 Å². The maximum atomic E-state index is 13.1. The minimum absolute atomic E-state index is 0.0456. The van der Waals surface area contributed by atoms with Crippen LogP contribution >= 0.6 is 0 Å². The fourth-order valence-corrected chi connectivity index (χ4v) is 4.00. The van der Waals surface area contributed by atoms with Crippen LogP contribution in [0.5, 0.6) is 0 Å². The molecule has 1 fully saturated rings. The second-order valence-corrected chi connectivity index (χ2v) is 9.97. The first-order valence-electron chi connectivity index (χ1n) is 11.0. The van der Waals surface area contributed by atoms with Crippen molar-refractivity contribution in [2.45, 2.75) is 58.5 Å². The highest BCUT2D eigenvalue weighted by Gasteiger charge is 2.49. The Bertz CT molecular complexity index is 993. The minimum Gasteiger partial charge on any atom is -0.347 e. The topological polar surface area (TPSA) is 78.5 Å². The zero-order valence-corrected chi connectivity index (χ0v) is 19.7. The van der Waals surface area contributed by atoms with Crippen LogP contribution in [-0.4, -0.2) is 29.3 Å². The van der Waals surface area contributed by atoms with E-state index in [9.17, 15) is 14.4 Å². The summed E-state index contributed by atoms with van der Waals surface area (Å²) in [7, 11) is 0. The van der Waals surface area contributed by atoms with Crippen LogP contribution in [0.15, 0.2) is 54.6 Å². The monoisotopic (exact) mass is 435 g/mol. The van der Waals surface area contributed by atoms with Gasteiger partial charge in [0.25, 0.3) is 5.91 Å². The Morgan fingerprint density at radius 2 is 1.62 bits per heavy atom. The number of hydrogen-bond acceptors (Lipinski definition) is 3. The Morgan fingerprint density at radius 1 is 1.03 bits per heavy atom. The molecule has 0 spiro atoms. The quantitative estimate of drug-likeness (QED) is 0.666. The molecule has 0 aliphatic carbocycles. The first-order chi connectivity index (χ1) is 14.9. The summed E-state index contributed by atoms with van der Waals surface area (Å²) in [5, 5.41) is 5.75. The first-order valence-corrected chi connectivity index (χ1v) is 11.0. The molecule has 1 saturated heterocycles. The van der Waals surface area contributed by atoms with E-state index < -0.39 is 17.5 Å². The lowest BCUT2D eigenvalue weighted by Gasteiger charge is -2.26. The van der Waals surface area contributed by atoms with Crippen LogP contribution in [0.1, 0.15) is 64.3 Å². The number of hydrogen-bond donors (Lipinski definition) is 2. The van der Waals surface area contributed by atoms with Crippen molar-refractivity contribution >= 4 is 17.8 Å². The maximum Gasteiger partial charge on any atom is 0.325 e. The van der Waals surface area contributed by atoms with Crippen LogP contribution in [-0.2, 0) is 20.5 Å². The highest BCUT2D eigenvalue weighted by Crippen LogP contribution is 2.29. The molecule has 32 heavy (non-hydrogen) atoms. The van der Waals surface area contributed by atoms with E-state index in [0.717, 1.165) is 10.5 Å². The molecule has 6 nitrogen and oxygen atoms in total. The van der Waals surface area contributed by atoms with Crippen molar-refractivity contribution in [3.05, 3.63) is 71.3 Å². The number of rotatable bonds is 6. The largest absolute Gasteiger partial charge is 0.347 e. The molecule has 2 aromatic rings. The molecular weight excluding hydrogens is 402 g/mol. The lowest BCUT2D eigenvalue weighted by atomic mass is 9.85. The zero-order chi connectivity index (χ0) is 23.7. The number of carbonyl (C=O) groups excluding carboxylic acids is 3. The van der Waals surface area contributed by atoms with E-state index in [1.165, 1.54) is 5.56 Å². The number of nitrogens with one attached hydrogen (secondary N) is 2. The summed E-state index contributed by atoms with van der Waals surface area (Å²) in [5.41, 5.74) is 1.76. The van der Waals surface area contributed by atoms with E-state index in [1.807, 2.05) is 44.2 Å². The average Bonchev–Trinajstić information content (AvgIpc) is 2.96. The lowest BCUT2D eigenvalue weighted by Crippen LogP contribution is -2.44. The van der Waals surface area contributed by atoms with Gasteiger partial charge < -0.3 is 10.6 Å². The van der Waals surface area contributed by atoms with Crippen LogP contribution in [0, 0.1) is 5.92 Å². The highest BCUT2D eigenvalue weighted by molar-refractivity contribution is 6.09. The third kappa shape index (κ3) is 4.69. The number of amides is 4. The summed E-state index contributed by atoms with van der Waals surface area (Å²) in [4.78, 5) is 39.5. The molecule has 2 unspecified atom stereocenters. The van der Waals surface area contributed by atoms with Gasteiger partial charge in [-0.25, -0.2) is 4.79 Å². The predicted octanol–water partition coefficient (Wildman–Crippen LogP) is 4.26. The SMILES string of the molecule is CC(C)C(NC(=O)CN1C(=O)NC(C)(c2ccccc2)C1=O)c1ccc(C(C)(C)C)cc1. The summed E-state index contributed by atoms with van der Waals surface area (Å²) in [6.07, 6.45) is 0. The fourth-order valence-electron chi connectivity index (χ4n) is 4.00. The molecule has 6 heteroatoms. The van der Waals surface area contributed by atoms with E-state index in [0.29, 0.717) is 5.56 Å². The molecule has 0 aromatic heterocycles. The van der Waals surface area contributed by atoms with E-state index in [1.54, 1.807) is 19.1 Å². The summed E-state index contributed by atoms with van der Waals surface area (Å²) in [6.45, 7) is 11.9. The van der Waals surface area contributed by atoms with Crippen LogP contribution in [0.4, 0.5) is 4.79 Å². The normalized spacial score (nSPS) is 19.8. The third-order valence-corrected chi connectivity index (χ3v) is 6.05. The van der Waals surface area contributed by atoms with Gasteiger partial charge >= 0.3 is 6.03 Å². The molecule has 2 atom stereocenters. The molecule has 2 N–H and O–H groups in total. The van der Waals surface area contributed by atoms with Gasteiger partial charge in [0.2, 0.25) is 5.91 Å². The Balaban J connectivity index is 1.73. The number of benzene rings is 2. The van der Waals surface area contributed by atoms with Gasteiger partial charge in [-0.1, -0.05) is 89.2 Å². The maximum absolute atomic E-state index is 13.1. The number of urea groups is 1. The van der Waals surface area contributed by atoms with Gasteiger partial charge in [-0.3, -0.25) is 14.5 Å². The van der Waals surface area contributed by atoms with Crippen LogP contribution in [0.25, 0.3) is 0 Å². The van der Waals surface area contributed by atoms with Crippen molar-refractivity contribution in [3.63, 3.8) is 0 Å². The Labute approximate surface area is 190 Å². The first kappa shape index (κ1) is 23.5. The molecule has 2 aromatic carbocycles. The second-order valence-electron chi connectivity index (χ2n) is 9.97. The van der Waals surface area contributed by atoms with E-state index in [2.05, 4.69) is 43.5 Å². The molecule has 0 radical (unpaired) electrons. The van der Waals surface area contributed by atoms with Crippen LogP contribution in [0.3, 0.4) is 0 Å². The summed E-state index contributed by atoms with van der Waals surface area (Å²) in [5.74, 6) is -0.666. The van der Waals surface area contributed by atoms with E-state index >= 15 is 0 Å². The van der Waals surface area contributed by atoms with Gasteiger partial charge in [0, 0.05) is 0 Å². The van der Waals surface area contributed by atoms with Gasteiger partial charge in [-0.05, 0) is 34.9 Å². The Kier molecular flexibility index (Phi) is 6.44. The summed E-state index contributed by atoms with van der Waals surface area (Å²) in [6, 6.07) is 16.5. The summed E-state index contributed by atoms with van der Waals surface area (Å²) < 4.78 is 0. The number of carbonyl (C=O) groups is 3. The van der Waals surface area contributed by atoms with Gasteiger partial charge in [-0.2, -0.15) is 0 Å². The van der Waals surface area contributed by atoms with Gasteiger partial charge in [0.05, 0.1) is 6.04 Å². The van der Waals surface area contributed by atoms with Crippen molar-refractivity contribution in [1.82, 2.24) is 15.5 Å². The fraction of sp³-hybridized carbons (Fsp3) is 0.423. The Hall–Kier alpha value is -3.15. The number of imide groups is 1. The van der Waals surface area contributed by atoms with Crippen molar-refractivity contribution in [2.75, 3.05) is 6.54 Å². The van der Waals surface area contributed by atoms with Gasteiger partial charge in [0.15, 0.2) is 0 Å². The number of nitrogens with zero attached hydrogens (tertiary/aromatic N) is 1. The van der Waals surface area contributed by atoms with E-state index in [-0.39, 0.29) is 29.8 Å². The van der Waals surface area contributed by atoms with Gasteiger partial charge in [0.1, 0.15) is 12.1 Å². The molecule has 0 saturated carbocycles. The Morgan fingerprint density at radius 3 is 2.16 bits per heavy atom. The predicted molar refractivity (Wildman–Crippen MR) is 125 cm³/mol. The van der Waals surface area contributed by atoms with Crippen molar-refractivity contribution < 1.29 is 14.4 Å².